The van der Waals surface area contributed by atoms with Gasteiger partial charge < -0.3 is 4.90 Å². The molecule has 2 aromatic carbocycles. The van der Waals surface area contributed by atoms with E-state index >= 15 is 0 Å². The Labute approximate surface area is 231 Å². The van der Waals surface area contributed by atoms with Crippen LogP contribution in [-0.2, 0) is 10.0 Å². The van der Waals surface area contributed by atoms with Crippen LogP contribution in [0.2, 0.25) is 0 Å². The van der Waals surface area contributed by atoms with Crippen LogP contribution in [0.25, 0.3) is 10.2 Å². The number of aromatic nitrogens is 1. The van der Waals surface area contributed by atoms with Gasteiger partial charge in [-0.25, -0.2) is 13.4 Å². The third kappa shape index (κ3) is 7.51. The fourth-order valence-corrected chi connectivity index (χ4v) is 7.02. The van der Waals surface area contributed by atoms with Gasteiger partial charge in [-0.05, 0) is 95.2 Å². The molecule has 0 aliphatic rings. The zero-order chi connectivity index (χ0) is 26.5. The number of hydrogen-bond donors (Lipinski definition) is 0. The number of carbonyl (C=O) groups is 1. The quantitative estimate of drug-likeness (QED) is 0.279. The van der Waals surface area contributed by atoms with Gasteiger partial charge in [0, 0.05) is 25.2 Å². The molecule has 0 N–H and O–H groups in total. The van der Waals surface area contributed by atoms with Crippen molar-refractivity contribution in [1.82, 2.24) is 14.2 Å². The fourth-order valence-electron chi connectivity index (χ4n) is 4.23. The molecule has 0 saturated carbocycles. The van der Waals surface area contributed by atoms with E-state index < -0.39 is 10.0 Å². The van der Waals surface area contributed by atoms with E-state index in [1.54, 1.807) is 29.2 Å². The van der Waals surface area contributed by atoms with Crippen molar-refractivity contribution < 1.29 is 13.2 Å². The number of benzene rings is 2. The zero-order valence-corrected chi connectivity index (χ0v) is 25.1. The number of hydrogen-bond acceptors (Lipinski definition) is 6. The van der Waals surface area contributed by atoms with E-state index in [1.165, 1.54) is 15.6 Å². The Hall–Kier alpha value is -2.04. The van der Waals surface area contributed by atoms with Gasteiger partial charge in [-0.15, -0.1) is 12.4 Å². The minimum absolute atomic E-state index is 0. The second-order valence-corrected chi connectivity index (χ2v) is 12.4. The number of sulfonamides is 1. The lowest BCUT2D eigenvalue weighted by atomic mass is 10.1. The van der Waals surface area contributed by atoms with Crippen LogP contribution in [0.4, 0.5) is 5.13 Å². The molecular weight excluding hydrogens is 528 g/mol. The first kappa shape index (κ1) is 31.2. The second kappa shape index (κ2) is 13.7. The minimum Gasteiger partial charge on any atom is -0.309 e. The summed E-state index contributed by atoms with van der Waals surface area (Å²) in [5, 5.41) is 0.663. The molecule has 0 saturated heterocycles. The first-order valence-corrected chi connectivity index (χ1v) is 14.8. The summed E-state index contributed by atoms with van der Waals surface area (Å²) in [6, 6.07) is 10.5. The predicted octanol–water partition coefficient (Wildman–Crippen LogP) is 5.74. The summed E-state index contributed by atoms with van der Waals surface area (Å²) in [5.74, 6) is -0.176. The highest BCUT2D eigenvalue weighted by Gasteiger charge is 2.25. The molecule has 0 aliphatic carbocycles. The Morgan fingerprint density at radius 3 is 2.14 bits per heavy atom. The zero-order valence-electron chi connectivity index (χ0n) is 22.7. The van der Waals surface area contributed by atoms with Gasteiger partial charge in [0.25, 0.3) is 5.91 Å². The summed E-state index contributed by atoms with van der Waals surface area (Å²) in [6.07, 6.45) is 2.29. The minimum atomic E-state index is -3.60. The first-order chi connectivity index (χ1) is 17.1. The van der Waals surface area contributed by atoms with E-state index in [0.29, 0.717) is 30.3 Å². The number of fused-ring (bicyclic) bond motifs is 1. The van der Waals surface area contributed by atoms with Gasteiger partial charge in [0.05, 0.1) is 15.1 Å². The number of rotatable bonds is 12. The number of halogens is 1. The van der Waals surface area contributed by atoms with Crippen LogP contribution in [0.15, 0.2) is 41.3 Å². The molecule has 37 heavy (non-hydrogen) atoms. The molecule has 10 heteroatoms. The van der Waals surface area contributed by atoms with Crippen molar-refractivity contribution in [3.63, 3.8) is 0 Å². The van der Waals surface area contributed by atoms with Crippen molar-refractivity contribution >= 4 is 55.0 Å². The van der Waals surface area contributed by atoms with Crippen LogP contribution < -0.4 is 4.90 Å². The molecule has 0 atom stereocenters. The van der Waals surface area contributed by atoms with Crippen LogP contribution >= 0.6 is 23.7 Å². The van der Waals surface area contributed by atoms with Crippen LogP contribution in [0, 0.1) is 13.8 Å². The topological polar surface area (TPSA) is 73.8 Å². The molecular formula is C27H39ClN4O3S2. The number of amides is 1. The molecule has 0 radical (unpaired) electrons. The smallest absolute Gasteiger partial charge is 0.260 e. The van der Waals surface area contributed by atoms with Crippen molar-refractivity contribution in [2.75, 3.05) is 45.2 Å². The van der Waals surface area contributed by atoms with Crippen LogP contribution in [-0.4, -0.2) is 68.8 Å². The summed E-state index contributed by atoms with van der Waals surface area (Å²) in [6.45, 7) is 10.4. The van der Waals surface area contributed by atoms with Gasteiger partial charge >= 0.3 is 0 Å². The first-order valence-electron chi connectivity index (χ1n) is 12.5. The maximum absolute atomic E-state index is 13.7. The van der Waals surface area contributed by atoms with Crippen LogP contribution in [0.1, 0.15) is 54.6 Å². The summed E-state index contributed by atoms with van der Waals surface area (Å²) in [5.41, 5.74) is 3.62. The van der Waals surface area contributed by atoms with E-state index in [9.17, 15) is 13.2 Å². The van der Waals surface area contributed by atoms with Crippen LogP contribution in [0.3, 0.4) is 0 Å². The Morgan fingerprint density at radius 2 is 1.57 bits per heavy atom. The van der Waals surface area contributed by atoms with E-state index in [1.807, 2.05) is 34.9 Å². The Balaban J connectivity index is 0.00000481. The highest BCUT2D eigenvalue weighted by atomic mass is 35.5. The molecule has 0 fully saturated rings. The lowest BCUT2D eigenvalue weighted by Crippen LogP contribution is -2.34. The molecule has 1 amide bonds. The van der Waals surface area contributed by atoms with Gasteiger partial charge in [-0.1, -0.05) is 31.3 Å². The lowest BCUT2D eigenvalue weighted by Gasteiger charge is -2.22. The van der Waals surface area contributed by atoms with E-state index in [2.05, 4.69) is 24.0 Å². The molecule has 0 bridgehead atoms. The monoisotopic (exact) mass is 566 g/mol. The summed E-state index contributed by atoms with van der Waals surface area (Å²) in [7, 11) is 0.421. The normalized spacial score (nSPS) is 11.8. The number of nitrogens with zero attached hydrogens (tertiary/aromatic N) is 4. The standard InChI is InChI=1S/C27H38N4O3S2.ClH/c1-7-14-30(15-8-2)36(33,34)23-12-10-22(11-13-23)26(32)31(17-9-16-29(5)6)27-28-25-21(4)18-20(3)19-24(25)35-27;/h10-13,18-19H,7-9,14-17H2,1-6H3;1H. The maximum atomic E-state index is 13.7. The maximum Gasteiger partial charge on any atom is 0.260 e. The summed E-state index contributed by atoms with van der Waals surface area (Å²) < 4.78 is 28.8. The molecule has 1 heterocycles. The van der Waals surface area contributed by atoms with E-state index in [-0.39, 0.29) is 23.2 Å². The van der Waals surface area contributed by atoms with E-state index in [0.717, 1.165) is 47.2 Å². The molecule has 3 aromatic rings. The number of thiazole rings is 1. The van der Waals surface area contributed by atoms with Crippen LogP contribution in [0.5, 0.6) is 0 Å². The molecule has 7 nitrogen and oxygen atoms in total. The fraction of sp³-hybridized carbons (Fsp3) is 0.481. The Bertz CT molecular complexity index is 1280. The molecule has 3 rings (SSSR count). The Morgan fingerprint density at radius 1 is 0.946 bits per heavy atom. The van der Waals surface area contributed by atoms with Crippen molar-refractivity contribution in [2.24, 2.45) is 0 Å². The van der Waals surface area contributed by atoms with Gasteiger partial charge in [0.1, 0.15) is 0 Å². The number of carbonyl (C=O) groups excluding carboxylic acids is 1. The SMILES string of the molecule is CCCN(CCC)S(=O)(=O)c1ccc(C(=O)N(CCCN(C)C)c2nc3c(C)cc(C)cc3s2)cc1.Cl. The molecule has 1 aromatic heterocycles. The molecule has 0 unspecified atom stereocenters. The average Bonchev–Trinajstić information content (AvgIpc) is 3.25. The van der Waals surface area contributed by atoms with Crippen molar-refractivity contribution in [2.45, 2.75) is 51.9 Å². The molecule has 204 valence electrons. The summed E-state index contributed by atoms with van der Waals surface area (Å²) in [4.78, 5) is 22.5. The van der Waals surface area contributed by atoms with Crippen molar-refractivity contribution in [3.05, 3.63) is 53.1 Å². The molecule has 0 aliphatic heterocycles. The van der Waals surface area contributed by atoms with Gasteiger partial charge in [-0.2, -0.15) is 4.31 Å². The van der Waals surface area contributed by atoms with Gasteiger partial charge in [-0.3, -0.25) is 9.69 Å². The predicted molar refractivity (Wildman–Crippen MR) is 157 cm³/mol. The number of aryl methyl sites for hydroxylation is 2. The number of anilines is 1. The third-order valence-corrected chi connectivity index (χ3v) is 8.90. The van der Waals surface area contributed by atoms with Gasteiger partial charge in [0.15, 0.2) is 5.13 Å². The highest BCUT2D eigenvalue weighted by molar-refractivity contribution is 7.89. The molecule has 0 spiro atoms. The average molecular weight is 567 g/mol. The lowest BCUT2D eigenvalue weighted by molar-refractivity contribution is 0.0986. The second-order valence-electron chi connectivity index (χ2n) is 9.47. The van der Waals surface area contributed by atoms with E-state index in [4.69, 9.17) is 4.98 Å². The van der Waals surface area contributed by atoms with Crippen molar-refractivity contribution in [1.29, 1.82) is 0 Å². The van der Waals surface area contributed by atoms with Crippen molar-refractivity contribution in [3.8, 4) is 0 Å². The summed E-state index contributed by atoms with van der Waals surface area (Å²) >= 11 is 1.52. The van der Waals surface area contributed by atoms with Gasteiger partial charge in [0.2, 0.25) is 10.0 Å². The third-order valence-electron chi connectivity index (χ3n) is 5.97. The highest BCUT2D eigenvalue weighted by Crippen LogP contribution is 2.32. The largest absolute Gasteiger partial charge is 0.309 e. The Kier molecular flexibility index (Phi) is 11.5.